The van der Waals surface area contributed by atoms with Gasteiger partial charge in [-0.3, -0.25) is 0 Å². The fourth-order valence-corrected chi connectivity index (χ4v) is 1.43. The summed E-state index contributed by atoms with van der Waals surface area (Å²) in [5, 5.41) is 8.86. The summed E-state index contributed by atoms with van der Waals surface area (Å²) in [7, 11) is 4.26. The van der Waals surface area contributed by atoms with Gasteiger partial charge in [-0.05, 0) is 0 Å². The Labute approximate surface area is 92.2 Å². The third-order valence-electron chi connectivity index (χ3n) is 2.16. The molecule has 0 bridgehead atoms. The van der Waals surface area contributed by atoms with Crippen LogP contribution in [0.3, 0.4) is 0 Å². The molecule has 0 aliphatic carbocycles. The fourth-order valence-electron chi connectivity index (χ4n) is 1.43. The minimum atomic E-state index is 0. The highest BCUT2D eigenvalue weighted by Gasteiger charge is 2.13. The molecule has 0 fully saturated rings. The molecule has 0 aliphatic heterocycles. The van der Waals surface area contributed by atoms with Gasteiger partial charge >= 0.3 is 0 Å². The molecule has 1 aromatic carbocycles. The number of nitrogens with zero attached hydrogens (tertiary/aromatic N) is 1. The van der Waals surface area contributed by atoms with Crippen LogP contribution >= 0.6 is 12.4 Å². The lowest BCUT2D eigenvalue weighted by molar-refractivity contribution is -0.903. The Morgan fingerprint density at radius 2 is 1.71 bits per heavy atom. The second-order valence-electron chi connectivity index (χ2n) is 4.03. The van der Waals surface area contributed by atoms with Crippen molar-refractivity contribution in [2.24, 2.45) is 0 Å². The molecule has 0 radical (unpaired) electrons. The Morgan fingerprint density at radius 1 is 1.14 bits per heavy atom. The van der Waals surface area contributed by atoms with Crippen LogP contribution in [0.15, 0.2) is 30.3 Å². The maximum absolute atomic E-state index is 8.86. The molecular formula is C11H19ClNO+. The largest absolute Gasteiger partial charge is 0.391 e. The maximum Gasteiger partial charge on any atom is 0.104 e. The Hall–Kier alpha value is -0.570. The van der Waals surface area contributed by atoms with E-state index in [4.69, 9.17) is 5.11 Å². The first-order valence-electron chi connectivity index (χ1n) is 4.61. The van der Waals surface area contributed by atoms with Gasteiger partial charge in [0.05, 0.1) is 20.7 Å². The first kappa shape index (κ1) is 13.4. The van der Waals surface area contributed by atoms with Crippen molar-refractivity contribution in [3.63, 3.8) is 0 Å². The van der Waals surface area contributed by atoms with E-state index >= 15 is 0 Å². The Bertz CT molecular complexity index is 249. The number of benzene rings is 1. The van der Waals surface area contributed by atoms with E-state index in [1.165, 1.54) is 5.56 Å². The van der Waals surface area contributed by atoms with Crippen molar-refractivity contribution < 1.29 is 9.59 Å². The van der Waals surface area contributed by atoms with Gasteiger partial charge in [0.25, 0.3) is 0 Å². The molecule has 14 heavy (non-hydrogen) atoms. The minimum absolute atomic E-state index is 0. The van der Waals surface area contributed by atoms with Crippen LogP contribution in [0.5, 0.6) is 0 Å². The molecule has 1 aromatic rings. The van der Waals surface area contributed by atoms with Crippen LogP contribution in [0.2, 0.25) is 0 Å². The van der Waals surface area contributed by atoms with Crippen LogP contribution in [-0.2, 0) is 6.54 Å². The Balaban J connectivity index is 0.00000169. The van der Waals surface area contributed by atoms with Gasteiger partial charge in [-0.25, -0.2) is 0 Å². The highest BCUT2D eigenvalue weighted by molar-refractivity contribution is 5.85. The standard InChI is InChI=1S/C11H18NO.ClH/c1-12(2,8-9-13)10-11-6-4-3-5-7-11;/h3-7,13H,8-10H2,1-2H3;1H/q+1;. The predicted molar refractivity (Wildman–Crippen MR) is 61.5 cm³/mol. The lowest BCUT2D eigenvalue weighted by Gasteiger charge is -2.28. The second kappa shape index (κ2) is 6.02. The highest BCUT2D eigenvalue weighted by Crippen LogP contribution is 2.07. The Kier molecular flexibility index (Phi) is 5.77. The number of quaternary nitrogens is 1. The summed E-state index contributed by atoms with van der Waals surface area (Å²) in [6.45, 7) is 2.02. The minimum Gasteiger partial charge on any atom is -0.391 e. The Morgan fingerprint density at radius 3 is 2.21 bits per heavy atom. The smallest absolute Gasteiger partial charge is 0.104 e. The number of hydrogen-bond donors (Lipinski definition) is 1. The van der Waals surface area contributed by atoms with E-state index in [1.807, 2.05) is 18.2 Å². The monoisotopic (exact) mass is 216 g/mol. The van der Waals surface area contributed by atoms with Gasteiger partial charge in [-0.1, -0.05) is 30.3 Å². The third-order valence-corrected chi connectivity index (χ3v) is 2.16. The number of rotatable bonds is 4. The van der Waals surface area contributed by atoms with Gasteiger partial charge in [-0.2, -0.15) is 0 Å². The third kappa shape index (κ3) is 4.61. The van der Waals surface area contributed by atoms with E-state index in [2.05, 4.69) is 26.2 Å². The van der Waals surface area contributed by atoms with Crippen LogP contribution in [0, 0.1) is 0 Å². The summed E-state index contributed by atoms with van der Waals surface area (Å²) in [5.74, 6) is 0. The molecule has 0 saturated heterocycles. The zero-order valence-electron chi connectivity index (χ0n) is 8.81. The van der Waals surface area contributed by atoms with E-state index < -0.39 is 0 Å². The normalized spacial score (nSPS) is 10.8. The van der Waals surface area contributed by atoms with Gasteiger partial charge in [0, 0.05) is 5.56 Å². The molecule has 1 N–H and O–H groups in total. The molecule has 0 amide bonds. The number of likely N-dealkylation sites (N-methyl/N-ethyl adjacent to an activating group) is 1. The van der Waals surface area contributed by atoms with Crippen molar-refractivity contribution in [2.45, 2.75) is 6.54 Å². The first-order valence-corrected chi connectivity index (χ1v) is 4.61. The fraction of sp³-hybridized carbons (Fsp3) is 0.455. The van der Waals surface area contributed by atoms with Crippen LogP contribution in [0.1, 0.15) is 5.56 Å². The lowest BCUT2D eigenvalue weighted by Crippen LogP contribution is -2.40. The van der Waals surface area contributed by atoms with Crippen molar-refractivity contribution >= 4 is 12.4 Å². The van der Waals surface area contributed by atoms with Gasteiger partial charge in [0.2, 0.25) is 0 Å². The predicted octanol–water partition coefficient (Wildman–Crippen LogP) is 1.68. The van der Waals surface area contributed by atoms with Crippen molar-refractivity contribution in [1.82, 2.24) is 0 Å². The molecule has 2 nitrogen and oxygen atoms in total. The quantitative estimate of drug-likeness (QED) is 0.760. The average molecular weight is 217 g/mol. The molecule has 0 aliphatic rings. The molecule has 3 heteroatoms. The van der Waals surface area contributed by atoms with E-state index in [0.29, 0.717) is 0 Å². The summed E-state index contributed by atoms with van der Waals surface area (Å²) in [6.07, 6.45) is 0. The molecule has 0 heterocycles. The number of halogens is 1. The van der Waals surface area contributed by atoms with Crippen molar-refractivity contribution in [1.29, 1.82) is 0 Å². The molecule has 0 atom stereocenters. The van der Waals surface area contributed by atoms with Gasteiger partial charge in [0.1, 0.15) is 13.1 Å². The van der Waals surface area contributed by atoms with E-state index in [0.717, 1.165) is 17.6 Å². The summed E-state index contributed by atoms with van der Waals surface area (Å²) in [4.78, 5) is 0. The molecular weight excluding hydrogens is 198 g/mol. The number of aliphatic hydroxyl groups excluding tert-OH is 1. The first-order chi connectivity index (χ1) is 6.14. The van der Waals surface area contributed by atoms with Crippen molar-refractivity contribution in [2.75, 3.05) is 27.2 Å². The van der Waals surface area contributed by atoms with E-state index in [9.17, 15) is 0 Å². The molecule has 80 valence electrons. The highest BCUT2D eigenvalue weighted by atomic mass is 35.5. The molecule has 1 rings (SSSR count). The average Bonchev–Trinajstić information content (AvgIpc) is 2.04. The summed E-state index contributed by atoms with van der Waals surface area (Å²) >= 11 is 0. The van der Waals surface area contributed by atoms with E-state index in [-0.39, 0.29) is 19.0 Å². The molecule has 0 saturated carbocycles. The maximum atomic E-state index is 8.86. The van der Waals surface area contributed by atoms with Gasteiger partial charge < -0.3 is 9.59 Å². The molecule has 0 aromatic heterocycles. The van der Waals surface area contributed by atoms with Crippen LogP contribution in [0.25, 0.3) is 0 Å². The van der Waals surface area contributed by atoms with Gasteiger partial charge in [-0.15, -0.1) is 12.4 Å². The number of hydrogen-bond acceptors (Lipinski definition) is 1. The topological polar surface area (TPSA) is 20.2 Å². The summed E-state index contributed by atoms with van der Waals surface area (Å²) in [6, 6.07) is 10.4. The molecule has 0 unspecified atom stereocenters. The lowest BCUT2D eigenvalue weighted by atomic mass is 10.2. The summed E-state index contributed by atoms with van der Waals surface area (Å²) in [5.41, 5.74) is 1.32. The number of aliphatic hydroxyl groups is 1. The van der Waals surface area contributed by atoms with Crippen LogP contribution in [-0.4, -0.2) is 36.8 Å². The SMILES string of the molecule is C[N+](C)(CCO)Cc1ccccc1.Cl. The van der Waals surface area contributed by atoms with Crippen LogP contribution in [0.4, 0.5) is 0 Å². The molecule has 0 spiro atoms. The zero-order chi connectivity index (χ0) is 9.73. The zero-order valence-corrected chi connectivity index (χ0v) is 9.63. The van der Waals surface area contributed by atoms with Gasteiger partial charge in [0.15, 0.2) is 0 Å². The summed E-state index contributed by atoms with van der Waals surface area (Å²) < 4.78 is 0.834. The van der Waals surface area contributed by atoms with Crippen molar-refractivity contribution in [3.05, 3.63) is 35.9 Å². The van der Waals surface area contributed by atoms with Crippen LogP contribution < -0.4 is 0 Å². The van der Waals surface area contributed by atoms with Crippen molar-refractivity contribution in [3.8, 4) is 0 Å². The second-order valence-corrected chi connectivity index (χ2v) is 4.03. The van der Waals surface area contributed by atoms with E-state index in [1.54, 1.807) is 0 Å².